The molecule has 2 rings (SSSR count). The first-order valence-electron chi connectivity index (χ1n) is 7.00. The predicted octanol–water partition coefficient (Wildman–Crippen LogP) is -1.03. The number of amides is 2. The van der Waals surface area contributed by atoms with Crippen LogP contribution in [-0.2, 0) is 9.59 Å². The molecule has 6 heteroatoms. The lowest BCUT2D eigenvalue weighted by Gasteiger charge is -2.29. The van der Waals surface area contributed by atoms with Gasteiger partial charge in [-0.15, -0.1) is 0 Å². The van der Waals surface area contributed by atoms with Crippen molar-refractivity contribution in [2.45, 2.75) is 18.9 Å². The zero-order chi connectivity index (χ0) is 13.8. The number of nitrogens with zero attached hydrogens (tertiary/aromatic N) is 3. The lowest BCUT2D eigenvalue weighted by Crippen LogP contribution is -2.50. The van der Waals surface area contributed by atoms with Crippen LogP contribution in [0.1, 0.15) is 12.8 Å². The van der Waals surface area contributed by atoms with E-state index in [1.165, 1.54) is 0 Å². The van der Waals surface area contributed by atoms with Gasteiger partial charge < -0.3 is 15.1 Å². The van der Waals surface area contributed by atoms with Crippen LogP contribution in [0, 0.1) is 0 Å². The van der Waals surface area contributed by atoms with E-state index in [2.05, 4.69) is 5.32 Å². The highest BCUT2D eigenvalue weighted by Gasteiger charge is 2.30. The van der Waals surface area contributed by atoms with Crippen molar-refractivity contribution in [3.05, 3.63) is 0 Å². The monoisotopic (exact) mass is 268 g/mol. The molecule has 2 amide bonds. The summed E-state index contributed by atoms with van der Waals surface area (Å²) in [4.78, 5) is 29.5. The summed E-state index contributed by atoms with van der Waals surface area (Å²) in [7, 11) is 3.69. The summed E-state index contributed by atoms with van der Waals surface area (Å²) in [6.07, 6.45) is 2.23. The van der Waals surface area contributed by atoms with Crippen molar-refractivity contribution in [2.75, 3.05) is 53.4 Å². The van der Waals surface area contributed by atoms with Crippen molar-refractivity contribution in [2.24, 2.45) is 0 Å². The van der Waals surface area contributed by atoms with E-state index >= 15 is 0 Å². The highest BCUT2D eigenvalue weighted by molar-refractivity contribution is 5.81. The number of rotatable bonds is 5. The van der Waals surface area contributed by atoms with Crippen LogP contribution >= 0.6 is 0 Å². The number of hydrogen-bond donors (Lipinski definition) is 1. The maximum Gasteiger partial charge on any atom is 0.236 e. The van der Waals surface area contributed by atoms with Crippen molar-refractivity contribution >= 4 is 11.8 Å². The Bertz CT molecular complexity index is 338. The molecular weight excluding hydrogens is 244 g/mol. The summed E-state index contributed by atoms with van der Waals surface area (Å²) in [5, 5.41) is 3.22. The number of piperazine rings is 1. The summed E-state index contributed by atoms with van der Waals surface area (Å²) in [5.41, 5.74) is 0. The van der Waals surface area contributed by atoms with Gasteiger partial charge in [-0.25, -0.2) is 0 Å². The number of hydrogen-bond acceptors (Lipinski definition) is 4. The van der Waals surface area contributed by atoms with Gasteiger partial charge in [0.25, 0.3) is 0 Å². The van der Waals surface area contributed by atoms with Crippen LogP contribution in [0.2, 0.25) is 0 Å². The Morgan fingerprint density at radius 2 is 1.79 bits per heavy atom. The summed E-state index contributed by atoms with van der Waals surface area (Å²) in [6, 6.07) is 0.435. The van der Waals surface area contributed by atoms with Gasteiger partial charge in [0.2, 0.25) is 11.8 Å². The van der Waals surface area contributed by atoms with Crippen molar-refractivity contribution in [1.29, 1.82) is 0 Å². The molecule has 1 heterocycles. The van der Waals surface area contributed by atoms with Gasteiger partial charge in [-0.1, -0.05) is 0 Å². The number of likely N-dealkylation sites (N-methyl/N-ethyl adjacent to an activating group) is 2. The van der Waals surface area contributed by atoms with Crippen LogP contribution in [0.15, 0.2) is 0 Å². The first kappa shape index (κ1) is 14.3. The SMILES string of the molecule is CN(CC(=O)N1CCNCC1)CC(=O)N(C)C1CC1. The summed E-state index contributed by atoms with van der Waals surface area (Å²) >= 11 is 0. The standard InChI is InChI=1S/C13H24N4O2/c1-15(9-12(18)16(2)11-3-4-11)10-13(19)17-7-5-14-6-8-17/h11,14H,3-10H2,1-2H3. The Balaban J connectivity index is 1.71. The summed E-state index contributed by atoms with van der Waals surface area (Å²) < 4.78 is 0. The van der Waals surface area contributed by atoms with Crippen molar-refractivity contribution < 1.29 is 9.59 Å². The Labute approximate surface area is 114 Å². The fourth-order valence-corrected chi connectivity index (χ4v) is 2.31. The van der Waals surface area contributed by atoms with Gasteiger partial charge >= 0.3 is 0 Å². The largest absolute Gasteiger partial charge is 0.342 e. The Morgan fingerprint density at radius 1 is 1.16 bits per heavy atom. The molecule has 0 spiro atoms. The highest BCUT2D eigenvalue weighted by Crippen LogP contribution is 2.25. The molecule has 6 nitrogen and oxygen atoms in total. The van der Waals surface area contributed by atoms with Crippen LogP contribution in [0.5, 0.6) is 0 Å². The van der Waals surface area contributed by atoms with Gasteiger partial charge in [0.1, 0.15) is 0 Å². The zero-order valence-electron chi connectivity index (χ0n) is 11.9. The van der Waals surface area contributed by atoms with Gasteiger partial charge in [-0.05, 0) is 19.9 Å². The molecule has 2 aliphatic rings. The normalized spacial score (nSPS) is 19.6. The number of carbonyl (C=O) groups is 2. The quantitative estimate of drug-likeness (QED) is 0.693. The average molecular weight is 268 g/mol. The lowest BCUT2D eigenvalue weighted by atomic mass is 10.3. The molecule has 1 saturated carbocycles. The number of nitrogens with one attached hydrogen (secondary N) is 1. The molecule has 2 fully saturated rings. The van der Waals surface area contributed by atoms with Crippen molar-refractivity contribution in [3.63, 3.8) is 0 Å². The minimum Gasteiger partial charge on any atom is -0.342 e. The lowest BCUT2D eigenvalue weighted by molar-refractivity contribution is -0.135. The molecule has 1 saturated heterocycles. The first-order chi connectivity index (χ1) is 9.08. The third-order valence-electron chi connectivity index (χ3n) is 3.77. The van der Waals surface area contributed by atoms with E-state index < -0.39 is 0 Å². The molecule has 19 heavy (non-hydrogen) atoms. The highest BCUT2D eigenvalue weighted by atomic mass is 16.2. The molecule has 0 aromatic rings. The van der Waals surface area contributed by atoms with Crippen LogP contribution in [0.4, 0.5) is 0 Å². The fraction of sp³-hybridized carbons (Fsp3) is 0.846. The Hall–Kier alpha value is -1.14. The minimum absolute atomic E-state index is 0.109. The second-order valence-electron chi connectivity index (χ2n) is 5.54. The first-order valence-corrected chi connectivity index (χ1v) is 7.00. The molecule has 0 aromatic heterocycles. The van der Waals surface area contributed by atoms with E-state index in [-0.39, 0.29) is 11.8 Å². The molecule has 108 valence electrons. The molecule has 1 aliphatic heterocycles. The average Bonchev–Trinajstić information content (AvgIpc) is 3.22. The Morgan fingerprint density at radius 3 is 2.37 bits per heavy atom. The van der Waals surface area contributed by atoms with E-state index in [0.29, 0.717) is 19.1 Å². The fourth-order valence-electron chi connectivity index (χ4n) is 2.31. The van der Waals surface area contributed by atoms with E-state index in [1.807, 2.05) is 28.8 Å². The van der Waals surface area contributed by atoms with Gasteiger partial charge in [-0.3, -0.25) is 14.5 Å². The molecular formula is C13H24N4O2. The van der Waals surface area contributed by atoms with E-state index in [1.54, 1.807) is 0 Å². The predicted molar refractivity (Wildman–Crippen MR) is 72.7 cm³/mol. The maximum absolute atomic E-state index is 12.0. The van der Waals surface area contributed by atoms with Crippen molar-refractivity contribution in [3.8, 4) is 0 Å². The second kappa shape index (κ2) is 6.34. The third-order valence-corrected chi connectivity index (χ3v) is 3.77. The van der Waals surface area contributed by atoms with Gasteiger partial charge in [-0.2, -0.15) is 0 Å². The topological polar surface area (TPSA) is 55.9 Å². The Kier molecular flexibility index (Phi) is 4.76. The van der Waals surface area contributed by atoms with Crippen LogP contribution < -0.4 is 5.32 Å². The summed E-state index contributed by atoms with van der Waals surface area (Å²) in [5.74, 6) is 0.226. The molecule has 1 N–H and O–H groups in total. The molecule has 0 unspecified atom stereocenters. The molecule has 0 bridgehead atoms. The van der Waals surface area contributed by atoms with Crippen LogP contribution in [0.3, 0.4) is 0 Å². The van der Waals surface area contributed by atoms with Gasteiger partial charge in [0.15, 0.2) is 0 Å². The van der Waals surface area contributed by atoms with E-state index in [9.17, 15) is 9.59 Å². The second-order valence-corrected chi connectivity index (χ2v) is 5.54. The minimum atomic E-state index is 0.109. The summed E-state index contributed by atoms with van der Waals surface area (Å²) in [6.45, 7) is 3.90. The maximum atomic E-state index is 12.0. The van der Waals surface area contributed by atoms with Crippen molar-refractivity contribution in [1.82, 2.24) is 20.0 Å². The molecule has 1 aliphatic carbocycles. The zero-order valence-corrected chi connectivity index (χ0v) is 11.9. The van der Waals surface area contributed by atoms with Crippen LogP contribution in [-0.4, -0.2) is 85.9 Å². The smallest absolute Gasteiger partial charge is 0.236 e. The van der Waals surface area contributed by atoms with E-state index in [4.69, 9.17) is 0 Å². The van der Waals surface area contributed by atoms with Crippen LogP contribution in [0.25, 0.3) is 0 Å². The number of carbonyl (C=O) groups excluding carboxylic acids is 2. The molecule has 0 aromatic carbocycles. The van der Waals surface area contributed by atoms with Gasteiger partial charge in [0.05, 0.1) is 13.1 Å². The van der Waals surface area contributed by atoms with Gasteiger partial charge in [0, 0.05) is 39.3 Å². The van der Waals surface area contributed by atoms with E-state index in [0.717, 1.165) is 39.0 Å². The molecule has 0 radical (unpaired) electrons. The molecule has 0 atom stereocenters. The third kappa shape index (κ3) is 4.18.